The molecule has 3 aromatic rings. The van der Waals surface area contributed by atoms with Crippen LogP contribution in [0.3, 0.4) is 0 Å². The summed E-state index contributed by atoms with van der Waals surface area (Å²) in [6.45, 7) is 5.64. The highest BCUT2D eigenvalue weighted by molar-refractivity contribution is 9.10. The minimum Gasteiger partial charge on any atom is -0.383 e. The Kier molecular flexibility index (Phi) is 6.22. The molecule has 0 bridgehead atoms. The van der Waals surface area contributed by atoms with Crippen molar-refractivity contribution in [1.29, 1.82) is 0 Å². The maximum absolute atomic E-state index is 5.72. The number of thiocarbonyl (C=S) groups is 1. The molecule has 1 N–H and O–H groups in total. The van der Waals surface area contributed by atoms with Crippen LogP contribution < -0.4 is 5.32 Å². The molecule has 0 saturated carbocycles. The summed E-state index contributed by atoms with van der Waals surface area (Å²) in [6, 6.07) is 16.6. The number of halogens is 1. The van der Waals surface area contributed by atoms with Gasteiger partial charge in [-0.2, -0.15) is 0 Å². The highest BCUT2D eigenvalue weighted by Gasteiger charge is 2.41. The molecule has 1 fully saturated rings. The van der Waals surface area contributed by atoms with Crippen molar-refractivity contribution in [2.24, 2.45) is 0 Å². The summed E-state index contributed by atoms with van der Waals surface area (Å²) >= 11 is 9.43. The third-order valence-electron chi connectivity index (χ3n) is 5.62. The quantitative estimate of drug-likeness (QED) is 0.505. The smallest absolute Gasteiger partial charge is 0.170 e. The van der Waals surface area contributed by atoms with Crippen molar-refractivity contribution in [3.8, 4) is 5.69 Å². The van der Waals surface area contributed by atoms with Gasteiger partial charge in [0.25, 0.3) is 0 Å². The second-order valence-corrected chi connectivity index (χ2v) is 8.67. The van der Waals surface area contributed by atoms with Crippen molar-refractivity contribution in [3.63, 3.8) is 0 Å². The van der Waals surface area contributed by atoms with Gasteiger partial charge in [0.2, 0.25) is 0 Å². The van der Waals surface area contributed by atoms with Crippen LogP contribution in [0.2, 0.25) is 0 Å². The highest BCUT2D eigenvalue weighted by atomic mass is 79.9. The average molecular weight is 485 g/mol. The van der Waals surface area contributed by atoms with Gasteiger partial charge in [0.1, 0.15) is 0 Å². The average Bonchev–Trinajstić information content (AvgIpc) is 3.23. The molecule has 2 aromatic heterocycles. The van der Waals surface area contributed by atoms with E-state index in [1.165, 1.54) is 17.0 Å². The molecule has 5 nitrogen and oxygen atoms in total. The summed E-state index contributed by atoms with van der Waals surface area (Å²) in [5.41, 5.74) is 5.72. The lowest BCUT2D eigenvalue weighted by Crippen LogP contribution is -2.32. The van der Waals surface area contributed by atoms with Crippen LogP contribution in [-0.2, 0) is 4.74 Å². The molecular formula is C23H25BrN4OS. The Morgan fingerprint density at radius 2 is 1.93 bits per heavy atom. The molecule has 2 unspecified atom stereocenters. The summed E-state index contributed by atoms with van der Waals surface area (Å²) in [7, 11) is 1.72. The zero-order valence-corrected chi connectivity index (χ0v) is 19.7. The zero-order chi connectivity index (χ0) is 21.3. The van der Waals surface area contributed by atoms with Crippen molar-refractivity contribution >= 4 is 33.3 Å². The van der Waals surface area contributed by atoms with Gasteiger partial charge in [0.15, 0.2) is 5.11 Å². The number of methoxy groups -OCH3 is 1. The third-order valence-corrected chi connectivity index (χ3v) is 6.64. The molecule has 0 spiro atoms. The van der Waals surface area contributed by atoms with Crippen molar-refractivity contribution < 1.29 is 4.74 Å². The Labute approximate surface area is 191 Å². The van der Waals surface area contributed by atoms with Gasteiger partial charge in [-0.1, -0.05) is 18.2 Å². The van der Waals surface area contributed by atoms with Gasteiger partial charge in [-0.25, -0.2) is 0 Å². The molecule has 1 aliphatic rings. The normalized spacial score (nSPS) is 18.7. The first-order valence-electron chi connectivity index (χ1n) is 9.93. The molecule has 2 atom stereocenters. The number of ether oxygens (including phenoxy) is 1. The second-order valence-electron chi connectivity index (χ2n) is 7.43. The van der Waals surface area contributed by atoms with Crippen LogP contribution in [0.25, 0.3) is 5.69 Å². The fourth-order valence-corrected chi connectivity index (χ4v) is 5.06. The van der Waals surface area contributed by atoms with Crippen LogP contribution in [0.4, 0.5) is 0 Å². The van der Waals surface area contributed by atoms with Crippen LogP contribution in [0, 0.1) is 13.8 Å². The standard InChI is InChI=1S/C23H25BrN4OS/c1-15-14-17(16(2)28(15)20-10-5-4-8-18(20)24)22-21(19-9-6-7-11-25-19)26-23(30)27(22)12-13-29-3/h4-11,14,21-22H,12-13H2,1-3H3,(H,26,30). The van der Waals surface area contributed by atoms with Gasteiger partial charge in [-0.3, -0.25) is 4.98 Å². The molecule has 1 saturated heterocycles. The van der Waals surface area contributed by atoms with E-state index >= 15 is 0 Å². The minimum absolute atomic E-state index is 0.0243. The molecule has 7 heteroatoms. The Bertz CT molecular complexity index is 1050. The topological polar surface area (TPSA) is 42.3 Å². The number of pyridine rings is 1. The summed E-state index contributed by atoms with van der Waals surface area (Å²) in [5.74, 6) is 0. The molecule has 1 aliphatic heterocycles. The zero-order valence-electron chi connectivity index (χ0n) is 17.3. The minimum atomic E-state index is -0.0243. The van der Waals surface area contributed by atoms with Gasteiger partial charge in [-0.05, 0) is 77.9 Å². The first kappa shape index (κ1) is 21.0. The number of benzene rings is 1. The van der Waals surface area contributed by atoms with E-state index in [-0.39, 0.29) is 12.1 Å². The molecule has 30 heavy (non-hydrogen) atoms. The Hall–Kier alpha value is -2.22. The number of hydrogen-bond acceptors (Lipinski definition) is 3. The number of aryl methyl sites for hydroxylation is 1. The number of hydrogen-bond donors (Lipinski definition) is 1. The first-order chi connectivity index (χ1) is 14.5. The number of aromatic nitrogens is 2. The third kappa shape index (κ3) is 3.77. The summed E-state index contributed by atoms with van der Waals surface area (Å²) in [4.78, 5) is 6.85. The Balaban J connectivity index is 1.83. The lowest BCUT2D eigenvalue weighted by Gasteiger charge is -2.28. The maximum atomic E-state index is 5.72. The van der Waals surface area contributed by atoms with Gasteiger partial charge in [-0.15, -0.1) is 0 Å². The lowest BCUT2D eigenvalue weighted by molar-refractivity contribution is 0.164. The molecule has 0 amide bonds. The SMILES string of the molecule is COCCN1C(=S)NC(c2ccccn2)C1c1cc(C)n(-c2ccccc2Br)c1C. The Morgan fingerprint density at radius 3 is 2.63 bits per heavy atom. The predicted molar refractivity (Wildman–Crippen MR) is 127 cm³/mol. The van der Waals surface area contributed by atoms with Crippen molar-refractivity contribution in [2.75, 3.05) is 20.3 Å². The summed E-state index contributed by atoms with van der Waals surface area (Å²) in [6.07, 6.45) is 1.83. The van der Waals surface area contributed by atoms with Gasteiger partial charge < -0.3 is 19.5 Å². The summed E-state index contributed by atoms with van der Waals surface area (Å²) in [5, 5.41) is 4.24. The van der Waals surface area contributed by atoms with Crippen molar-refractivity contribution in [1.82, 2.24) is 19.8 Å². The van der Waals surface area contributed by atoms with Crippen LogP contribution >= 0.6 is 28.1 Å². The Morgan fingerprint density at radius 1 is 1.17 bits per heavy atom. The maximum Gasteiger partial charge on any atom is 0.170 e. The predicted octanol–water partition coefficient (Wildman–Crippen LogP) is 4.87. The van der Waals surface area contributed by atoms with E-state index < -0.39 is 0 Å². The van der Waals surface area contributed by atoms with Crippen molar-refractivity contribution in [2.45, 2.75) is 25.9 Å². The van der Waals surface area contributed by atoms with Gasteiger partial charge in [0.05, 0.1) is 30.1 Å². The van der Waals surface area contributed by atoms with Crippen LogP contribution in [0.1, 0.15) is 34.7 Å². The van der Waals surface area contributed by atoms with E-state index in [1.807, 2.05) is 24.4 Å². The van der Waals surface area contributed by atoms with Crippen LogP contribution in [0.15, 0.2) is 59.2 Å². The van der Waals surface area contributed by atoms with Crippen LogP contribution in [0.5, 0.6) is 0 Å². The molecule has 0 aliphatic carbocycles. The van der Waals surface area contributed by atoms with E-state index in [0.717, 1.165) is 27.5 Å². The molecular weight excluding hydrogens is 460 g/mol. The fourth-order valence-electron chi connectivity index (χ4n) is 4.27. The molecule has 156 valence electrons. The first-order valence-corrected chi connectivity index (χ1v) is 11.1. The number of para-hydroxylation sites is 1. The number of rotatable bonds is 6. The van der Waals surface area contributed by atoms with Gasteiger partial charge >= 0.3 is 0 Å². The largest absolute Gasteiger partial charge is 0.383 e. The number of nitrogens with zero attached hydrogens (tertiary/aromatic N) is 3. The molecule has 3 heterocycles. The summed E-state index contributed by atoms with van der Waals surface area (Å²) < 4.78 is 8.73. The van der Waals surface area contributed by atoms with Gasteiger partial charge in [0, 0.05) is 35.7 Å². The van der Waals surface area contributed by atoms with Crippen molar-refractivity contribution in [3.05, 3.63) is 81.8 Å². The van der Waals surface area contributed by atoms with E-state index in [2.05, 4.69) is 79.9 Å². The second kappa shape index (κ2) is 8.88. The number of nitrogens with one attached hydrogen (secondary N) is 1. The van der Waals surface area contributed by atoms with E-state index in [9.17, 15) is 0 Å². The molecule has 1 aromatic carbocycles. The van der Waals surface area contributed by atoms with E-state index in [1.54, 1.807) is 7.11 Å². The molecule has 0 radical (unpaired) electrons. The monoisotopic (exact) mass is 484 g/mol. The van der Waals surface area contributed by atoms with E-state index in [4.69, 9.17) is 17.0 Å². The lowest BCUT2D eigenvalue weighted by atomic mass is 9.97. The van der Waals surface area contributed by atoms with Crippen LogP contribution in [-0.4, -0.2) is 39.8 Å². The highest BCUT2D eigenvalue weighted by Crippen LogP contribution is 2.41. The molecule has 4 rings (SSSR count). The fraction of sp³-hybridized carbons (Fsp3) is 0.304. The van der Waals surface area contributed by atoms with E-state index in [0.29, 0.717) is 6.61 Å².